The summed E-state index contributed by atoms with van der Waals surface area (Å²) in [6, 6.07) is 13.3. The third-order valence-corrected chi connectivity index (χ3v) is 4.76. The lowest BCUT2D eigenvalue weighted by Gasteiger charge is -2.34. The van der Waals surface area contributed by atoms with Crippen LogP contribution in [0.1, 0.15) is 23.4 Å². The maximum absolute atomic E-state index is 5.56. The number of thiophene rings is 1. The first-order chi connectivity index (χ1) is 10.4. The summed E-state index contributed by atoms with van der Waals surface area (Å²) in [7, 11) is 0. The molecule has 3 nitrogen and oxygen atoms in total. The lowest BCUT2D eigenvalue weighted by molar-refractivity contribution is 0.200. The average Bonchev–Trinajstić information content (AvgIpc) is 3.05. The van der Waals surface area contributed by atoms with Crippen molar-refractivity contribution in [2.45, 2.75) is 13.0 Å². The van der Waals surface area contributed by atoms with Crippen LogP contribution in [0, 0.1) is 0 Å². The Morgan fingerprint density at radius 1 is 1.19 bits per heavy atom. The number of nitrogens with one attached hydrogen (secondary N) is 1. The summed E-state index contributed by atoms with van der Waals surface area (Å²) in [6.45, 7) is 7.05. The Morgan fingerprint density at radius 3 is 2.57 bits per heavy atom. The van der Waals surface area contributed by atoms with Crippen LogP contribution in [0.2, 0.25) is 0 Å². The van der Waals surface area contributed by atoms with E-state index < -0.39 is 0 Å². The Morgan fingerprint density at radius 2 is 1.95 bits per heavy atom. The topological polar surface area (TPSA) is 24.5 Å². The van der Waals surface area contributed by atoms with Gasteiger partial charge in [0.25, 0.3) is 0 Å². The summed E-state index contributed by atoms with van der Waals surface area (Å²) >= 11 is 1.84. The van der Waals surface area contributed by atoms with Crippen molar-refractivity contribution in [1.82, 2.24) is 10.2 Å². The average molecular weight is 302 g/mol. The molecule has 21 heavy (non-hydrogen) atoms. The highest BCUT2D eigenvalue weighted by molar-refractivity contribution is 7.10. The minimum absolute atomic E-state index is 0.364. The van der Waals surface area contributed by atoms with E-state index in [-0.39, 0.29) is 0 Å². The van der Waals surface area contributed by atoms with Gasteiger partial charge in [0, 0.05) is 31.1 Å². The fraction of sp³-hybridized carbons (Fsp3) is 0.412. The maximum Gasteiger partial charge on any atom is 0.119 e. The quantitative estimate of drug-likeness (QED) is 0.918. The molecule has 2 aromatic rings. The van der Waals surface area contributed by atoms with Crippen molar-refractivity contribution in [3.05, 3.63) is 52.2 Å². The van der Waals surface area contributed by atoms with E-state index >= 15 is 0 Å². The number of piperazine rings is 1. The molecular formula is C17H22N2OS. The highest BCUT2D eigenvalue weighted by atomic mass is 32.1. The van der Waals surface area contributed by atoms with Crippen LogP contribution in [-0.2, 0) is 0 Å². The van der Waals surface area contributed by atoms with Crippen LogP contribution in [0.3, 0.4) is 0 Å². The van der Waals surface area contributed by atoms with Crippen LogP contribution >= 0.6 is 11.3 Å². The van der Waals surface area contributed by atoms with Gasteiger partial charge in [0.2, 0.25) is 0 Å². The van der Waals surface area contributed by atoms with E-state index in [2.05, 4.69) is 52.0 Å². The highest BCUT2D eigenvalue weighted by Crippen LogP contribution is 2.32. The van der Waals surface area contributed by atoms with Gasteiger partial charge in [0.05, 0.1) is 12.6 Å². The molecule has 1 atom stereocenters. The second-order valence-electron chi connectivity index (χ2n) is 5.21. The zero-order valence-electron chi connectivity index (χ0n) is 12.4. The molecule has 0 radical (unpaired) electrons. The highest BCUT2D eigenvalue weighted by Gasteiger charge is 2.24. The molecule has 0 spiro atoms. The van der Waals surface area contributed by atoms with Crippen LogP contribution in [0.15, 0.2) is 41.8 Å². The minimum Gasteiger partial charge on any atom is -0.494 e. The molecule has 0 unspecified atom stereocenters. The summed E-state index contributed by atoms with van der Waals surface area (Å²) in [5.74, 6) is 0.950. The van der Waals surface area contributed by atoms with Crippen LogP contribution < -0.4 is 10.1 Å². The molecule has 112 valence electrons. The van der Waals surface area contributed by atoms with Crippen molar-refractivity contribution in [2.75, 3.05) is 32.8 Å². The molecule has 3 rings (SSSR count). The Kier molecular flexibility index (Phi) is 4.91. The van der Waals surface area contributed by atoms with Gasteiger partial charge < -0.3 is 10.1 Å². The zero-order chi connectivity index (χ0) is 14.5. The Hall–Kier alpha value is -1.36. The van der Waals surface area contributed by atoms with Crippen molar-refractivity contribution in [3.8, 4) is 5.75 Å². The first kappa shape index (κ1) is 14.6. The van der Waals surface area contributed by atoms with Crippen molar-refractivity contribution in [2.24, 2.45) is 0 Å². The monoisotopic (exact) mass is 302 g/mol. The Balaban J connectivity index is 1.87. The van der Waals surface area contributed by atoms with Crippen LogP contribution in [0.25, 0.3) is 0 Å². The molecule has 1 N–H and O–H groups in total. The lowest BCUT2D eigenvalue weighted by atomic mass is 10.0. The number of hydrogen-bond donors (Lipinski definition) is 1. The van der Waals surface area contributed by atoms with Crippen molar-refractivity contribution in [3.63, 3.8) is 0 Å². The fourth-order valence-corrected chi connectivity index (χ4v) is 3.74. The smallest absolute Gasteiger partial charge is 0.119 e. The van der Waals surface area contributed by atoms with Gasteiger partial charge >= 0.3 is 0 Å². The van der Waals surface area contributed by atoms with Gasteiger partial charge in [-0.25, -0.2) is 0 Å². The zero-order valence-corrected chi connectivity index (χ0v) is 13.2. The molecule has 2 heterocycles. The van der Waals surface area contributed by atoms with Crippen molar-refractivity contribution >= 4 is 11.3 Å². The first-order valence-electron chi connectivity index (χ1n) is 7.59. The predicted octanol–water partition coefficient (Wildman–Crippen LogP) is 3.14. The number of rotatable bonds is 5. The van der Waals surface area contributed by atoms with E-state index in [0.717, 1.165) is 31.9 Å². The van der Waals surface area contributed by atoms with Crippen molar-refractivity contribution in [1.29, 1.82) is 0 Å². The molecule has 1 aliphatic rings. The van der Waals surface area contributed by atoms with E-state index in [1.165, 1.54) is 10.4 Å². The summed E-state index contributed by atoms with van der Waals surface area (Å²) < 4.78 is 5.56. The summed E-state index contributed by atoms with van der Waals surface area (Å²) in [5, 5.41) is 5.60. The maximum atomic E-state index is 5.56. The van der Waals surface area contributed by atoms with E-state index in [1.807, 2.05) is 18.3 Å². The molecule has 0 saturated carbocycles. The molecule has 1 saturated heterocycles. The summed E-state index contributed by atoms with van der Waals surface area (Å²) in [4.78, 5) is 3.99. The van der Waals surface area contributed by atoms with Gasteiger partial charge in [-0.3, -0.25) is 4.90 Å². The van der Waals surface area contributed by atoms with E-state index in [4.69, 9.17) is 4.74 Å². The van der Waals surface area contributed by atoms with Gasteiger partial charge in [-0.15, -0.1) is 11.3 Å². The van der Waals surface area contributed by atoms with Crippen LogP contribution in [-0.4, -0.2) is 37.7 Å². The van der Waals surface area contributed by atoms with E-state index in [0.29, 0.717) is 12.6 Å². The van der Waals surface area contributed by atoms with Crippen LogP contribution in [0.4, 0.5) is 0 Å². The van der Waals surface area contributed by atoms with E-state index in [1.54, 1.807) is 0 Å². The number of hydrogen-bond acceptors (Lipinski definition) is 4. The lowest BCUT2D eigenvalue weighted by Crippen LogP contribution is -2.45. The largest absolute Gasteiger partial charge is 0.494 e. The predicted molar refractivity (Wildman–Crippen MR) is 88.2 cm³/mol. The normalized spacial score (nSPS) is 17.6. The third-order valence-electron chi connectivity index (χ3n) is 3.84. The first-order valence-corrected chi connectivity index (χ1v) is 8.47. The summed E-state index contributed by atoms with van der Waals surface area (Å²) in [6.07, 6.45) is 0. The second-order valence-corrected chi connectivity index (χ2v) is 6.19. The fourth-order valence-electron chi connectivity index (χ4n) is 2.86. The molecule has 4 heteroatoms. The summed E-state index contributed by atoms with van der Waals surface area (Å²) in [5.41, 5.74) is 1.35. The number of benzene rings is 1. The molecule has 1 aromatic carbocycles. The van der Waals surface area contributed by atoms with E-state index in [9.17, 15) is 0 Å². The van der Waals surface area contributed by atoms with Gasteiger partial charge in [0.1, 0.15) is 5.75 Å². The molecule has 1 fully saturated rings. The molecule has 1 aliphatic heterocycles. The minimum atomic E-state index is 0.364. The second kappa shape index (κ2) is 7.07. The number of ether oxygens (including phenoxy) is 1. The standard InChI is InChI=1S/C17H22N2OS/c1-2-20-15-7-5-14(6-8-15)17(16-4-3-13-21-16)19-11-9-18-10-12-19/h3-8,13,17-18H,2,9-12H2,1H3/t17-/m0/s1. The number of nitrogens with zero attached hydrogens (tertiary/aromatic N) is 1. The van der Waals surface area contributed by atoms with Gasteiger partial charge in [0.15, 0.2) is 0 Å². The van der Waals surface area contributed by atoms with Gasteiger partial charge in [-0.05, 0) is 36.1 Å². The Labute approximate surface area is 130 Å². The van der Waals surface area contributed by atoms with Crippen LogP contribution in [0.5, 0.6) is 5.75 Å². The Bertz CT molecular complexity index is 532. The molecule has 0 bridgehead atoms. The molecule has 1 aromatic heterocycles. The molecule has 0 amide bonds. The SMILES string of the molecule is CCOc1ccc([C@@H](c2cccs2)N2CCNCC2)cc1. The molecular weight excluding hydrogens is 280 g/mol. The molecule has 0 aliphatic carbocycles. The van der Waals surface area contributed by atoms with Gasteiger partial charge in [-0.2, -0.15) is 0 Å². The van der Waals surface area contributed by atoms with Crippen molar-refractivity contribution < 1.29 is 4.74 Å². The van der Waals surface area contributed by atoms with Gasteiger partial charge in [-0.1, -0.05) is 18.2 Å². The third kappa shape index (κ3) is 3.46.